The first-order valence-corrected chi connectivity index (χ1v) is 11.2. The lowest BCUT2D eigenvalue weighted by Gasteiger charge is -2.34. The van der Waals surface area contributed by atoms with Crippen LogP contribution in [0.1, 0.15) is 22.3 Å². The number of hydrogen-bond donors (Lipinski definition) is 1. The van der Waals surface area contributed by atoms with Gasteiger partial charge in [-0.15, -0.1) is 13.2 Å². The number of aromatic amines is 1. The zero-order valence-corrected chi connectivity index (χ0v) is 18.5. The lowest BCUT2D eigenvalue weighted by atomic mass is 9.88. The minimum atomic E-state index is -4.78. The van der Waals surface area contributed by atoms with E-state index in [0.29, 0.717) is 54.3 Å². The molecule has 2 amide bonds. The van der Waals surface area contributed by atoms with Crippen LogP contribution in [0.2, 0.25) is 0 Å². The molecule has 0 aliphatic carbocycles. The lowest BCUT2D eigenvalue weighted by Crippen LogP contribution is -2.43. The molecule has 2 fully saturated rings. The van der Waals surface area contributed by atoms with Gasteiger partial charge in [0.05, 0.1) is 0 Å². The number of hydrogen-bond acceptors (Lipinski definition) is 5. The highest BCUT2D eigenvalue weighted by molar-refractivity contribution is 5.97. The van der Waals surface area contributed by atoms with E-state index in [9.17, 15) is 22.8 Å². The number of nitrogens with one attached hydrogen (secondary N) is 1. The highest BCUT2D eigenvalue weighted by atomic mass is 19.4. The molecule has 35 heavy (non-hydrogen) atoms. The van der Waals surface area contributed by atoms with Crippen molar-refractivity contribution in [1.82, 2.24) is 25.2 Å². The second-order valence-corrected chi connectivity index (χ2v) is 8.78. The minimum Gasteiger partial charge on any atom is -0.406 e. The number of carbonyl (C=O) groups excluding carboxylic acids is 2. The molecule has 2 aromatic carbocycles. The van der Waals surface area contributed by atoms with Crippen molar-refractivity contribution in [2.24, 2.45) is 11.8 Å². The number of H-pyrrole nitrogens is 1. The van der Waals surface area contributed by atoms with Crippen molar-refractivity contribution < 1.29 is 27.5 Å². The van der Waals surface area contributed by atoms with Gasteiger partial charge in [0.25, 0.3) is 5.91 Å². The summed E-state index contributed by atoms with van der Waals surface area (Å²) < 4.78 is 41.2. The third kappa shape index (κ3) is 5.13. The summed E-state index contributed by atoms with van der Waals surface area (Å²) in [5, 5.41) is 10.6. The maximum atomic E-state index is 13.0. The molecule has 11 heteroatoms. The number of alkyl halides is 3. The first kappa shape index (κ1) is 22.9. The number of halogens is 3. The van der Waals surface area contributed by atoms with Crippen molar-refractivity contribution in [2.75, 3.05) is 26.2 Å². The van der Waals surface area contributed by atoms with Crippen LogP contribution in [0.4, 0.5) is 13.2 Å². The van der Waals surface area contributed by atoms with Gasteiger partial charge in [0.2, 0.25) is 5.91 Å². The summed E-state index contributed by atoms with van der Waals surface area (Å²) in [6.07, 6.45) is -1.14. The smallest absolute Gasteiger partial charge is 0.406 e. The number of ether oxygens (including phenoxy) is 1. The van der Waals surface area contributed by atoms with Crippen LogP contribution in [0.3, 0.4) is 0 Å². The van der Waals surface area contributed by atoms with Gasteiger partial charge in [-0.1, -0.05) is 12.1 Å². The molecule has 0 spiro atoms. The predicted octanol–water partition coefficient (Wildman–Crippen LogP) is 3.49. The van der Waals surface area contributed by atoms with Crippen LogP contribution >= 0.6 is 0 Å². The Labute approximate surface area is 198 Å². The van der Waals surface area contributed by atoms with Crippen LogP contribution in [0.5, 0.6) is 5.75 Å². The van der Waals surface area contributed by atoms with E-state index in [4.69, 9.17) is 0 Å². The number of likely N-dealkylation sites (tertiary alicyclic amines) is 2. The molecular formula is C24H22F3N5O3. The summed E-state index contributed by atoms with van der Waals surface area (Å²) in [5.74, 6) is -0.149. The number of rotatable bonds is 4. The third-order valence-electron chi connectivity index (χ3n) is 6.47. The zero-order valence-electron chi connectivity index (χ0n) is 18.5. The first-order chi connectivity index (χ1) is 16.7. The summed E-state index contributed by atoms with van der Waals surface area (Å²) in [6.45, 7) is 2.29. The van der Waals surface area contributed by atoms with Crippen molar-refractivity contribution in [1.29, 1.82) is 0 Å². The van der Waals surface area contributed by atoms with E-state index in [0.717, 1.165) is 6.42 Å². The average molecular weight is 485 g/mol. The van der Waals surface area contributed by atoms with Crippen molar-refractivity contribution in [2.45, 2.75) is 12.8 Å². The van der Waals surface area contributed by atoms with Crippen molar-refractivity contribution in [3.05, 3.63) is 59.7 Å². The number of fused-ring (bicyclic) bond motifs is 2. The molecule has 2 saturated heterocycles. The normalized spacial score (nSPS) is 20.4. The molecule has 8 nitrogen and oxygen atoms in total. The van der Waals surface area contributed by atoms with Crippen LogP contribution < -0.4 is 4.74 Å². The fraction of sp³-hybridized carbons (Fsp3) is 0.333. The van der Waals surface area contributed by atoms with E-state index in [2.05, 4.69) is 20.1 Å². The Balaban J connectivity index is 1.20. The largest absolute Gasteiger partial charge is 0.573 e. The summed E-state index contributed by atoms with van der Waals surface area (Å²) >= 11 is 0. The average Bonchev–Trinajstić information content (AvgIpc) is 3.47. The van der Waals surface area contributed by atoms with Gasteiger partial charge >= 0.3 is 6.36 Å². The van der Waals surface area contributed by atoms with Crippen molar-refractivity contribution in [3.63, 3.8) is 0 Å². The van der Waals surface area contributed by atoms with Crippen LogP contribution in [-0.2, 0) is 4.79 Å². The van der Waals surface area contributed by atoms with Crippen LogP contribution in [0, 0.1) is 11.8 Å². The summed E-state index contributed by atoms with van der Waals surface area (Å²) in [5.41, 5.74) is 2.30. The van der Waals surface area contributed by atoms with Crippen LogP contribution in [0.25, 0.3) is 17.1 Å². The number of carbonyl (C=O) groups is 2. The predicted molar refractivity (Wildman–Crippen MR) is 120 cm³/mol. The van der Waals surface area contributed by atoms with Crippen LogP contribution in [-0.4, -0.2) is 69.6 Å². The molecule has 3 aromatic rings. The Morgan fingerprint density at radius 3 is 2.60 bits per heavy atom. The Morgan fingerprint density at radius 2 is 1.77 bits per heavy atom. The molecule has 0 saturated carbocycles. The molecule has 1 aromatic heterocycles. The summed E-state index contributed by atoms with van der Waals surface area (Å²) in [4.78, 5) is 29.3. The van der Waals surface area contributed by atoms with Gasteiger partial charge in [-0.3, -0.25) is 9.59 Å². The van der Waals surface area contributed by atoms with Gasteiger partial charge in [0.15, 0.2) is 0 Å². The Kier molecular flexibility index (Phi) is 5.91. The zero-order chi connectivity index (χ0) is 24.6. The van der Waals surface area contributed by atoms with Gasteiger partial charge in [0, 0.05) is 37.8 Å². The Hall–Kier alpha value is -3.89. The topological polar surface area (TPSA) is 91.4 Å². The van der Waals surface area contributed by atoms with E-state index in [1.807, 2.05) is 4.90 Å². The Bertz CT molecular complexity index is 1290. The highest BCUT2D eigenvalue weighted by Crippen LogP contribution is 2.32. The standard InChI is InChI=1S/C24H22F3N5O3/c25-24(26,27)35-19-3-1-2-15(10-19)4-7-22(33)32-12-17-8-9-31(13-18(17)14-32)23(34)16-5-6-20-21(11-16)29-30-28-20/h1-7,10-11,17-18H,8-9,12-14H2,(H,28,29,30). The molecule has 2 aliphatic rings. The maximum absolute atomic E-state index is 13.0. The molecule has 5 rings (SSSR count). The maximum Gasteiger partial charge on any atom is 0.573 e. The van der Waals surface area contributed by atoms with E-state index >= 15 is 0 Å². The summed E-state index contributed by atoms with van der Waals surface area (Å²) in [7, 11) is 0. The monoisotopic (exact) mass is 485 g/mol. The third-order valence-corrected chi connectivity index (χ3v) is 6.47. The number of piperidine rings is 1. The number of aromatic nitrogens is 3. The number of amides is 2. The fourth-order valence-corrected chi connectivity index (χ4v) is 4.78. The SMILES string of the molecule is O=C(C=Cc1cccc(OC(F)(F)F)c1)N1CC2CCN(C(=O)c3ccc4n[nH]nc4c3)CC2C1. The first-order valence-electron chi connectivity index (χ1n) is 11.2. The van der Waals surface area contributed by atoms with Crippen molar-refractivity contribution >= 4 is 28.9 Å². The molecule has 3 heterocycles. The van der Waals surface area contributed by atoms with Gasteiger partial charge in [-0.2, -0.15) is 15.4 Å². The Morgan fingerprint density at radius 1 is 1.00 bits per heavy atom. The number of nitrogens with zero attached hydrogens (tertiary/aromatic N) is 4. The minimum absolute atomic E-state index is 0.0704. The second kappa shape index (κ2) is 9.05. The molecule has 0 radical (unpaired) electrons. The quantitative estimate of drug-likeness (QED) is 0.572. The lowest BCUT2D eigenvalue weighted by molar-refractivity contribution is -0.274. The van der Waals surface area contributed by atoms with Gasteiger partial charge in [-0.05, 0) is 60.2 Å². The summed E-state index contributed by atoms with van der Waals surface area (Å²) in [6, 6.07) is 10.7. The van der Waals surface area contributed by atoms with E-state index in [-0.39, 0.29) is 23.5 Å². The molecule has 2 aliphatic heterocycles. The molecule has 182 valence electrons. The molecule has 0 bridgehead atoms. The second-order valence-electron chi connectivity index (χ2n) is 8.78. The number of benzene rings is 2. The molecule has 2 atom stereocenters. The van der Waals surface area contributed by atoms with E-state index < -0.39 is 6.36 Å². The van der Waals surface area contributed by atoms with Gasteiger partial charge in [-0.25, -0.2) is 0 Å². The van der Waals surface area contributed by atoms with Crippen molar-refractivity contribution in [3.8, 4) is 5.75 Å². The van der Waals surface area contributed by atoms with Crippen LogP contribution in [0.15, 0.2) is 48.5 Å². The highest BCUT2D eigenvalue weighted by Gasteiger charge is 2.39. The molecule has 1 N–H and O–H groups in total. The van der Waals surface area contributed by atoms with Gasteiger partial charge in [0.1, 0.15) is 16.8 Å². The molecular weight excluding hydrogens is 463 g/mol. The van der Waals surface area contributed by atoms with E-state index in [1.54, 1.807) is 29.2 Å². The fourth-order valence-electron chi connectivity index (χ4n) is 4.78. The van der Waals surface area contributed by atoms with E-state index in [1.165, 1.54) is 30.4 Å². The molecule has 2 unspecified atom stereocenters. The van der Waals surface area contributed by atoms with Gasteiger partial charge < -0.3 is 14.5 Å².